The number of benzene rings is 1. The van der Waals surface area contributed by atoms with E-state index >= 15 is 0 Å². The summed E-state index contributed by atoms with van der Waals surface area (Å²) in [6, 6.07) is 7.23. The molecular weight excluding hydrogens is 214 g/mol. The molecule has 1 aromatic carbocycles. The maximum Gasteiger partial charge on any atom is 0.0992 e. The van der Waals surface area contributed by atoms with Crippen molar-refractivity contribution in [3.63, 3.8) is 0 Å². The molecule has 1 unspecified atom stereocenters. The molecule has 17 heavy (non-hydrogen) atoms. The standard InChI is InChI=1S/C13H19N3O/c1-3-13(2,6-7-17)16-12-5-4-10(9-14)8-11(12)15/h4-5,8,16-17H,3,6-7,15H2,1-2H3. The van der Waals surface area contributed by atoms with E-state index in [1.165, 1.54) is 0 Å². The number of nitriles is 1. The summed E-state index contributed by atoms with van der Waals surface area (Å²) in [5.41, 5.74) is 7.61. The largest absolute Gasteiger partial charge is 0.397 e. The van der Waals surface area contributed by atoms with Gasteiger partial charge in [-0.05, 0) is 38.0 Å². The maximum atomic E-state index is 9.05. The molecule has 0 fully saturated rings. The van der Waals surface area contributed by atoms with Gasteiger partial charge in [-0.25, -0.2) is 0 Å². The molecule has 0 aliphatic rings. The molecule has 0 heterocycles. The first kappa shape index (κ1) is 13.3. The van der Waals surface area contributed by atoms with Gasteiger partial charge in [0.1, 0.15) is 0 Å². The van der Waals surface area contributed by atoms with Gasteiger partial charge in [-0.15, -0.1) is 0 Å². The molecule has 0 amide bonds. The van der Waals surface area contributed by atoms with E-state index in [1.807, 2.05) is 13.0 Å². The van der Waals surface area contributed by atoms with Gasteiger partial charge < -0.3 is 16.2 Å². The Morgan fingerprint density at radius 2 is 2.24 bits per heavy atom. The summed E-state index contributed by atoms with van der Waals surface area (Å²) in [4.78, 5) is 0. The van der Waals surface area contributed by atoms with Crippen LogP contribution in [0.25, 0.3) is 0 Å². The molecule has 92 valence electrons. The Balaban J connectivity index is 2.91. The van der Waals surface area contributed by atoms with Gasteiger partial charge in [-0.2, -0.15) is 5.26 Å². The Morgan fingerprint density at radius 3 is 2.71 bits per heavy atom. The van der Waals surface area contributed by atoms with Crippen LogP contribution in [0.4, 0.5) is 11.4 Å². The van der Waals surface area contributed by atoms with Gasteiger partial charge in [0, 0.05) is 12.1 Å². The minimum absolute atomic E-state index is 0.132. The molecule has 0 spiro atoms. The highest BCUT2D eigenvalue weighted by atomic mass is 16.3. The highest BCUT2D eigenvalue weighted by Gasteiger charge is 2.21. The summed E-state index contributed by atoms with van der Waals surface area (Å²) in [5.74, 6) is 0. The van der Waals surface area contributed by atoms with Gasteiger partial charge in [0.15, 0.2) is 0 Å². The van der Waals surface area contributed by atoms with Crippen LogP contribution >= 0.6 is 0 Å². The number of nitrogens with one attached hydrogen (secondary N) is 1. The van der Waals surface area contributed by atoms with Crippen LogP contribution in [0.1, 0.15) is 32.3 Å². The zero-order valence-electron chi connectivity index (χ0n) is 10.3. The third-order valence-electron chi connectivity index (χ3n) is 3.06. The second-order valence-corrected chi connectivity index (χ2v) is 4.43. The number of nitrogens with zero attached hydrogens (tertiary/aromatic N) is 1. The number of aliphatic hydroxyl groups excluding tert-OH is 1. The molecule has 1 atom stereocenters. The highest BCUT2D eigenvalue weighted by molar-refractivity contribution is 5.69. The van der Waals surface area contributed by atoms with Crippen LogP contribution in [0.15, 0.2) is 18.2 Å². The van der Waals surface area contributed by atoms with Crippen molar-refractivity contribution in [1.82, 2.24) is 0 Å². The topological polar surface area (TPSA) is 82.1 Å². The van der Waals surface area contributed by atoms with Crippen LogP contribution in [-0.2, 0) is 0 Å². The van der Waals surface area contributed by atoms with Crippen molar-refractivity contribution in [3.05, 3.63) is 23.8 Å². The van der Waals surface area contributed by atoms with Gasteiger partial charge in [0.2, 0.25) is 0 Å². The summed E-state index contributed by atoms with van der Waals surface area (Å²) in [6.45, 7) is 4.23. The third kappa shape index (κ3) is 3.36. The van der Waals surface area contributed by atoms with E-state index in [9.17, 15) is 0 Å². The molecule has 0 saturated carbocycles. The van der Waals surface area contributed by atoms with Crippen LogP contribution in [0.5, 0.6) is 0 Å². The zero-order valence-corrected chi connectivity index (χ0v) is 10.3. The Morgan fingerprint density at radius 1 is 1.53 bits per heavy atom. The van der Waals surface area contributed by atoms with Crippen LogP contribution < -0.4 is 11.1 Å². The van der Waals surface area contributed by atoms with Crippen molar-refractivity contribution in [2.24, 2.45) is 0 Å². The van der Waals surface area contributed by atoms with Crippen molar-refractivity contribution < 1.29 is 5.11 Å². The summed E-state index contributed by atoms with van der Waals surface area (Å²) in [5, 5.41) is 21.1. The molecule has 1 rings (SSSR count). The number of anilines is 2. The van der Waals surface area contributed by atoms with E-state index in [0.29, 0.717) is 17.7 Å². The molecule has 0 bridgehead atoms. The van der Waals surface area contributed by atoms with Gasteiger partial charge in [0.25, 0.3) is 0 Å². The second kappa shape index (κ2) is 5.55. The first-order valence-electron chi connectivity index (χ1n) is 5.73. The van der Waals surface area contributed by atoms with E-state index < -0.39 is 0 Å². The van der Waals surface area contributed by atoms with Crippen LogP contribution in [0, 0.1) is 11.3 Å². The first-order chi connectivity index (χ1) is 8.04. The molecule has 4 heteroatoms. The Bertz CT molecular complexity index is 425. The zero-order chi connectivity index (χ0) is 12.9. The quantitative estimate of drug-likeness (QED) is 0.680. The normalized spacial score (nSPS) is 13.8. The maximum absolute atomic E-state index is 9.05. The van der Waals surface area contributed by atoms with Gasteiger partial charge in [0.05, 0.1) is 23.0 Å². The van der Waals surface area contributed by atoms with E-state index in [4.69, 9.17) is 16.1 Å². The van der Waals surface area contributed by atoms with E-state index in [-0.39, 0.29) is 12.1 Å². The molecule has 4 N–H and O–H groups in total. The fourth-order valence-electron chi connectivity index (χ4n) is 1.65. The minimum Gasteiger partial charge on any atom is -0.397 e. The van der Waals surface area contributed by atoms with Crippen molar-refractivity contribution in [3.8, 4) is 6.07 Å². The fraction of sp³-hybridized carbons (Fsp3) is 0.462. The number of nitrogens with two attached hydrogens (primary N) is 1. The van der Waals surface area contributed by atoms with E-state index in [1.54, 1.807) is 18.2 Å². The third-order valence-corrected chi connectivity index (χ3v) is 3.06. The number of rotatable bonds is 5. The molecule has 0 aliphatic heterocycles. The van der Waals surface area contributed by atoms with Crippen molar-refractivity contribution in [1.29, 1.82) is 5.26 Å². The summed E-state index contributed by atoms with van der Waals surface area (Å²) in [6.07, 6.45) is 1.54. The van der Waals surface area contributed by atoms with E-state index in [0.717, 1.165) is 12.1 Å². The summed E-state index contributed by atoms with van der Waals surface area (Å²) >= 11 is 0. The number of nitrogen functional groups attached to an aromatic ring is 1. The summed E-state index contributed by atoms with van der Waals surface area (Å²) in [7, 11) is 0. The number of hydrogen-bond acceptors (Lipinski definition) is 4. The molecule has 1 aromatic rings. The van der Waals surface area contributed by atoms with Gasteiger partial charge >= 0.3 is 0 Å². The predicted molar refractivity (Wildman–Crippen MR) is 69.6 cm³/mol. The van der Waals surface area contributed by atoms with Crippen LogP contribution in [-0.4, -0.2) is 17.3 Å². The number of aliphatic hydroxyl groups is 1. The molecule has 0 radical (unpaired) electrons. The van der Waals surface area contributed by atoms with Crippen molar-refractivity contribution in [2.75, 3.05) is 17.7 Å². The molecule has 0 aromatic heterocycles. The smallest absolute Gasteiger partial charge is 0.0992 e. The summed E-state index contributed by atoms with van der Waals surface area (Å²) < 4.78 is 0. The van der Waals surface area contributed by atoms with Gasteiger partial charge in [-0.1, -0.05) is 6.92 Å². The first-order valence-corrected chi connectivity index (χ1v) is 5.73. The predicted octanol–water partition coefficient (Wildman–Crippen LogP) is 2.10. The van der Waals surface area contributed by atoms with Gasteiger partial charge in [-0.3, -0.25) is 0 Å². The molecule has 0 aliphatic carbocycles. The Labute approximate surface area is 102 Å². The fourth-order valence-corrected chi connectivity index (χ4v) is 1.65. The lowest BCUT2D eigenvalue weighted by Crippen LogP contribution is -2.35. The minimum atomic E-state index is -0.184. The Hall–Kier alpha value is -1.73. The van der Waals surface area contributed by atoms with Crippen LogP contribution in [0.2, 0.25) is 0 Å². The molecule has 0 saturated heterocycles. The van der Waals surface area contributed by atoms with E-state index in [2.05, 4.69) is 12.2 Å². The number of hydrogen-bond donors (Lipinski definition) is 3. The molecular formula is C13H19N3O. The Kier molecular flexibility index (Phi) is 4.36. The monoisotopic (exact) mass is 233 g/mol. The SMILES string of the molecule is CCC(C)(CCO)Nc1ccc(C#N)cc1N. The molecule has 4 nitrogen and oxygen atoms in total. The lowest BCUT2D eigenvalue weighted by atomic mass is 9.94. The second-order valence-electron chi connectivity index (χ2n) is 4.43. The average molecular weight is 233 g/mol. The van der Waals surface area contributed by atoms with Crippen LogP contribution in [0.3, 0.4) is 0 Å². The lowest BCUT2D eigenvalue weighted by molar-refractivity contribution is 0.252. The van der Waals surface area contributed by atoms with Crippen molar-refractivity contribution in [2.45, 2.75) is 32.2 Å². The lowest BCUT2D eigenvalue weighted by Gasteiger charge is -2.30. The van der Waals surface area contributed by atoms with Crippen molar-refractivity contribution >= 4 is 11.4 Å². The average Bonchev–Trinajstić information content (AvgIpc) is 2.32. The highest BCUT2D eigenvalue weighted by Crippen LogP contribution is 2.26.